The standard InChI is InChI=1S/C24H27BrF3N5O3/c1-4-7-32(29)23-19(6-3)30-22(17-12-18(25)21(33(34)35)13-20(17)31-23)14-9-15(24(26,27)28)11-16(10-14)36-8-5-2/h9-13,19H,4-8,29H2,1-3H3. The van der Waals surface area contributed by atoms with Gasteiger partial charge < -0.3 is 4.74 Å². The number of fused-ring (bicyclic) bond motifs is 1. The molecule has 0 saturated carbocycles. The first-order valence-corrected chi connectivity index (χ1v) is 12.3. The number of nitrogens with zero attached hydrogens (tertiary/aromatic N) is 4. The number of hydrazine groups is 1. The first-order valence-electron chi connectivity index (χ1n) is 11.5. The van der Waals surface area contributed by atoms with E-state index in [0.29, 0.717) is 37.2 Å². The molecule has 0 aliphatic carbocycles. The monoisotopic (exact) mass is 569 g/mol. The molecule has 0 radical (unpaired) electrons. The van der Waals surface area contributed by atoms with E-state index in [9.17, 15) is 23.3 Å². The van der Waals surface area contributed by atoms with Crippen LogP contribution in [0.5, 0.6) is 5.75 Å². The topological polar surface area (TPSA) is 106 Å². The highest BCUT2D eigenvalue weighted by molar-refractivity contribution is 9.10. The van der Waals surface area contributed by atoms with Crippen molar-refractivity contribution in [1.82, 2.24) is 5.01 Å². The summed E-state index contributed by atoms with van der Waals surface area (Å²) in [5.74, 6) is 6.67. The molecule has 36 heavy (non-hydrogen) atoms. The van der Waals surface area contributed by atoms with Crippen molar-refractivity contribution in [1.29, 1.82) is 0 Å². The highest BCUT2D eigenvalue weighted by atomic mass is 79.9. The molecule has 2 N–H and O–H groups in total. The zero-order chi connectivity index (χ0) is 26.6. The number of ether oxygens (including phenoxy) is 1. The molecule has 8 nitrogen and oxygen atoms in total. The van der Waals surface area contributed by atoms with Crippen LogP contribution in [0, 0.1) is 10.1 Å². The minimum atomic E-state index is -4.62. The van der Waals surface area contributed by atoms with Crippen molar-refractivity contribution in [3.63, 3.8) is 0 Å². The average Bonchev–Trinajstić information content (AvgIpc) is 2.98. The molecular formula is C24H27BrF3N5O3. The van der Waals surface area contributed by atoms with Crippen molar-refractivity contribution in [3.8, 4) is 5.75 Å². The van der Waals surface area contributed by atoms with E-state index in [4.69, 9.17) is 15.6 Å². The van der Waals surface area contributed by atoms with Gasteiger partial charge in [0.1, 0.15) is 17.6 Å². The number of nitro groups is 1. The second kappa shape index (κ2) is 11.4. The van der Waals surface area contributed by atoms with Crippen LogP contribution in [0.3, 0.4) is 0 Å². The molecule has 12 heteroatoms. The zero-order valence-corrected chi connectivity index (χ0v) is 21.7. The molecule has 2 aromatic rings. The molecule has 1 aliphatic rings. The number of aliphatic imine (C=N–C) groups is 2. The SMILES string of the molecule is CCCOc1cc(C2=NC(CC)C(N(N)CCC)=Nc3cc([N+](=O)[O-])c(Br)cc32)cc(C(F)(F)F)c1. The lowest BCUT2D eigenvalue weighted by atomic mass is 9.97. The van der Waals surface area contributed by atoms with E-state index in [1.54, 1.807) is 0 Å². The number of rotatable bonds is 8. The summed E-state index contributed by atoms with van der Waals surface area (Å²) in [6, 6.07) is 5.59. The van der Waals surface area contributed by atoms with Crippen molar-refractivity contribution < 1.29 is 22.8 Å². The quantitative estimate of drug-likeness (QED) is 0.224. The molecular weight excluding hydrogens is 543 g/mol. The Labute approximate surface area is 215 Å². The largest absolute Gasteiger partial charge is 0.494 e. The number of hydrogen-bond donors (Lipinski definition) is 1. The molecule has 3 rings (SSSR count). The Morgan fingerprint density at radius 3 is 2.47 bits per heavy atom. The molecule has 0 spiro atoms. The van der Waals surface area contributed by atoms with E-state index in [2.05, 4.69) is 20.9 Å². The van der Waals surface area contributed by atoms with Crippen molar-refractivity contribution in [3.05, 3.63) is 61.6 Å². The van der Waals surface area contributed by atoms with Crippen LogP contribution in [-0.2, 0) is 6.18 Å². The molecule has 0 aromatic heterocycles. The van der Waals surface area contributed by atoms with E-state index in [1.807, 2.05) is 20.8 Å². The van der Waals surface area contributed by atoms with Gasteiger partial charge in [-0.15, -0.1) is 0 Å². The van der Waals surface area contributed by atoms with Gasteiger partial charge in [-0.2, -0.15) is 13.2 Å². The minimum absolute atomic E-state index is 0.0526. The van der Waals surface area contributed by atoms with Crippen LogP contribution in [0.15, 0.2) is 44.8 Å². The summed E-state index contributed by atoms with van der Waals surface area (Å²) in [6.07, 6.45) is -2.84. The summed E-state index contributed by atoms with van der Waals surface area (Å²) in [5.41, 5.74) is -0.223. The summed E-state index contributed by atoms with van der Waals surface area (Å²) >= 11 is 3.21. The Kier molecular flexibility index (Phi) is 8.72. The zero-order valence-electron chi connectivity index (χ0n) is 20.1. The summed E-state index contributed by atoms with van der Waals surface area (Å²) in [4.78, 5) is 20.5. The van der Waals surface area contributed by atoms with Gasteiger partial charge >= 0.3 is 6.18 Å². The van der Waals surface area contributed by atoms with E-state index in [1.165, 1.54) is 23.2 Å². The molecule has 194 valence electrons. The Morgan fingerprint density at radius 2 is 1.89 bits per heavy atom. The van der Waals surface area contributed by atoms with Gasteiger partial charge in [0.25, 0.3) is 5.69 Å². The maximum absolute atomic E-state index is 13.8. The Balaban J connectivity index is 2.33. The molecule has 2 aromatic carbocycles. The van der Waals surface area contributed by atoms with Crippen molar-refractivity contribution in [2.24, 2.45) is 15.8 Å². The van der Waals surface area contributed by atoms with E-state index < -0.39 is 22.7 Å². The molecule has 1 heterocycles. The van der Waals surface area contributed by atoms with Gasteiger partial charge in [0, 0.05) is 23.7 Å². The van der Waals surface area contributed by atoms with Crippen LogP contribution in [0.4, 0.5) is 24.5 Å². The highest BCUT2D eigenvalue weighted by Gasteiger charge is 2.33. The second-order valence-electron chi connectivity index (χ2n) is 8.24. The van der Waals surface area contributed by atoms with Gasteiger partial charge in [-0.25, -0.2) is 10.8 Å². The summed E-state index contributed by atoms with van der Waals surface area (Å²) < 4.78 is 47.1. The van der Waals surface area contributed by atoms with Crippen LogP contribution in [-0.4, -0.2) is 40.7 Å². The summed E-state index contributed by atoms with van der Waals surface area (Å²) in [7, 11) is 0. The molecule has 0 bridgehead atoms. The lowest BCUT2D eigenvalue weighted by Gasteiger charge is -2.23. The van der Waals surface area contributed by atoms with Crippen LogP contribution in [0.1, 0.15) is 56.7 Å². The van der Waals surface area contributed by atoms with E-state index in [0.717, 1.165) is 12.1 Å². The maximum atomic E-state index is 13.8. The Hall–Kier alpha value is -2.99. The third-order valence-corrected chi connectivity index (χ3v) is 6.10. The van der Waals surface area contributed by atoms with Gasteiger partial charge in [-0.05, 0) is 59.5 Å². The molecule has 1 atom stereocenters. The van der Waals surface area contributed by atoms with E-state index in [-0.39, 0.29) is 39.5 Å². The van der Waals surface area contributed by atoms with Gasteiger partial charge in [0.05, 0.1) is 33.0 Å². The number of hydrogen-bond acceptors (Lipinski definition) is 7. The lowest BCUT2D eigenvalue weighted by molar-refractivity contribution is -0.385. The predicted octanol–water partition coefficient (Wildman–Crippen LogP) is 6.41. The predicted molar refractivity (Wildman–Crippen MR) is 136 cm³/mol. The molecule has 0 amide bonds. The minimum Gasteiger partial charge on any atom is -0.494 e. The first kappa shape index (κ1) is 27.6. The fourth-order valence-electron chi connectivity index (χ4n) is 3.77. The highest BCUT2D eigenvalue weighted by Crippen LogP contribution is 2.39. The first-order chi connectivity index (χ1) is 17.0. The van der Waals surface area contributed by atoms with Crippen LogP contribution in [0.2, 0.25) is 0 Å². The number of halogens is 4. The van der Waals surface area contributed by atoms with Gasteiger partial charge in [-0.3, -0.25) is 20.1 Å². The second-order valence-corrected chi connectivity index (χ2v) is 9.09. The fourth-order valence-corrected chi connectivity index (χ4v) is 4.26. The van der Waals surface area contributed by atoms with Crippen molar-refractivity contribution >= 4 is 38.9 Å². The fraction of sp³-hybridized carbons (Fsp3) is 0.417. The number of alkyl halides is 3. The number of nitro benzene ring substituents is 1. The normalized spacial score (nSPS) is 15.5. The van der Waals surface area contributed by atoms with Gasteiger partial charge in [0.15, 0.2) is 0 Å². The van der Waals surface area contributed by atoms with Crippen molar-refractivity contribution in [2.75, 3.05) is 13.2 Å². The molecule has 1 unspecified atom stereocenters. The maximum Gasteiger partial charge on any atom is 0.416 e. The van der Waals surface area contributed by atoms with Crippen LogP contribution < -0.4 is 10.6 Å². The Morgan fingerprint density at radius 1 is 1.17 bits per heavy atom. The number of benzene rings is 2. The number of amidine groups is 1. The molecule has 0 saturated heterocycles. The van der Waals surface area contributed by atoms with Crippen LogP contribution >= 0.6 is 15.9 Å². The smallest absolute Gasteiger partial charge is 0.416 e. The summed E-state index contributed by atoms with van der Waals surface area (Å²) in [6.45, 7) is 6.34. The third kappa shape index (κ3) is 6.04. The lowest BCUT2D eigenvalue weighted by Crippen LogP contribution is -2.43. The van der Waals surface area contributed by atoms with Gasteiger partial charge in [0.2, 0.25) is 0 Å². The average molecular weight is 570 g/mol. The molecule has 0 fully saturated rings. The van der Waals surface area contributed by atoms with Crippen LogP contribution in [0.25, 0.3) is 0 Å². The number of nitrogens with two attached hydrogens (primary N) is 1. The van der Waals surface area contributed by atoms with Gasteiger partial charge in [-0.1, -0.05) is 20.8 Å². The Bertz CT molecular complexity index is 1200. The summed E-state index contributed by atoms with van der Waals surface area (Å²) in [5, 5.41) is 13.0. The van der Waals surface area contributed by atoms with Crippen molar-refractivity contribution in [2.45, 2.75) is 52.3 Å². The third-order valence-electron chi connectivity index (χ3n) is 5.46. The van der Waals surface area contributed by atoms with E-state index >= 15 is 0 Å². The molecule has 1 aliphatic heterocycles.